The van der Waals surface area contributed by atoms with Crippen molar-refractivity contribution in [3.63, 3.8) is 0 Å². The lowest BCUT2D eigenvalue weighted by molar-refractivity contribution is -0.140. The number of hydrogen-bond acceptors (Lipinski definition) is 5. The molecule has 36 heavy (non-hydrogen) atoms. The van der Waals surface area contributed by atoms with Gasteiger partial charge in [-0.05, 0) is 35.4 Å². The third-order valence-corrected chi connectivity index (χ3v) is 7.97. The summed E-state index contributed by atoms with van der Waals surface area (Å²) < 4.78 is 26.7. The van der Waals surface area contributed by atoms with Gasteiger partial charge in [0.1, 0.15) is 17.5 Å². The molecule has 0 saturated carbocycles. The number of carbonyl (C=O) groups is 3. The lowest BCUT2D eigenvalue weighted by Crippen LogP contribution is -2.52. The van der Waals surface area contributed by atoms with E-state index in [0.717, 1.165) is 5.56 Å². The smallest absolute Gasteiger partial charge is 0.269 e. The maximum Gasteiger partial charge on any atom is 0.269 e. The van der Waals surface area contributed by atoms with Crippen LogP contribution in [0.5, 0.6) is 0 Å². The van der Waals surface area contributed by atoms with E-state index in [-0.39, 0.29) is 23.4 Å². The molecule has 186 valence electrons. The topological polar surface area (TPSA) is 104 Å². The van der Waals surface area contributed by atoms with Crippen molar-refractivity contribution in [3.8, 4) is 0 Å². The van der Waals surface area contributed by atoms with Crippen LogP contribution < -0.4 is 5.32 Å². The van der Waals surface area contributed by atoms with Crippen molar-refractivity contribution < 1.29 is 22.8 Å². The summed E-state index contributed by atoms with van der Waals surface area (Å²) in [7, 11) is -2.73. The Morgan fingerprint density at radius 3 is 2.31 bits per heavy atom. The Kier molecular flexibility index (Phi) is 7.42. The van der Waals surface area contributed by atoms with Crippen LogP contribution in [0, 0.1) is 0 Å². The van der Waals surface area contributed by atoms with Gasteiger partial charge < -0.3 is 10.2 Å². The Labute approximate surface area is 214 Å². The summed E-state index contributed by atoms with van der Waals surface area (Å²) in [6, 6.07) is 20.8. The van der Waals surface area contributed by atoms with E-state index in [1.165, 1.54) is 30.1 Å². The fourth-order valence-electron chi connectivity index (χ4n) is 4.15. The lowest BCUT2D eigenvalue weighted by atomic mass is 10.0. The molecule has 0 spiro atoms. The van der Waals surface area contributed by atoms with Crippen molar-refractivity contribution in [3.05, 3.63) is 101 Å². The molecule has 8 nitrogen and oxygen atoms in total. The number of nitrogens with one attached hydrogen (secondary N) is 1. The minimum absolute atomic E-state index is 0.0128. The van der Waals surface area contributed by atoms with Crippen molar-refractivity contribution in [1.29, 1.82) is 0 Å². The van der Waals surface area contributed by atoms with E-state index >= 15 is 0 Å². The summed E-state index contributed by atoms with van der Waals surface area (Å²) >= 11 is 6.14. The zero-order chi connectivity index (χ0) is 25.9. The predicted octanol–water partition coefficient (Wildman–Crippen LogP) is 2.87. The van der Waals surface area contributed by atoms with Crippen molar-refractivity contribution in [2.45, 2.75) is 23.9 Å². The molecule has 0 radical (unpaired) electrons. The summed E-state index contributed by atoms with van der Waals surface area (Å²) in [4.78, 5) is 40.7. The number of benzene rings is 3. The highest BCUT2D eigenvalue weighted by Gasteiger charge is 2.43. The van der Waals surface area contributed by atoms with Crippen molar-refractivity contribution in [1.82, 2.24) is 14.5 Å². The van der Waals surface area contributed by atoms with E-state index in [0.29, 0.717) is 14.9 Å². The predicted molar refractivity (Wildman–Crippen MR) is 135 cm³/mol. The Hall–Kier alpha value is -3.69. The van der Waals surface area contributed by atoms with Crippen LogP contribution in [0.4, 0.5) is 0 Å². The number of halogens is 1. The Morgan fingerprint density at radius 2 is 1.64 bits per heavy atom. The first-order valence-electron chi connectivity index (χ1n) is 11.2. The largest absolute Gasteiger partial charge is 0.357 e. The van der Waals surface area contributed by atoms with Gasteiger partial charge in [-0.2, -0.15) is 0 Å². The van der Waals surface area contributed by atoms with Gasteiger partial charge in [-0.1, -0.05) is 66.2 Å². The molecule has 3 amide bonds. The van der Waals surface area contributed by atoms with Crippen LogP contribution >= 0.6 is 11.6 Å². The second kappa shape index (κ2) is 10.5. The van der Waals surface area contributed by atoms with Crippen LogP contribution in [0.1, 0.15) is 21.5 Å². The van der Waals surface area contributed by atoms with Gasteiger partial charge >= 0.3 is 0 Å². The molecular weight excluding hydrogens is 502 g/mol. The highest BCUT2D eigenvalue weighted by molar-refractivity contribution is 7.90. The molecule has 3 aromatic carbocycles. The van der Waals surface area contributed by atoms with Gasteiger partial charge in [-0.25, -0.2) is 12.7 Å². The van der Waals surface area contributed by atoms with Gasteiger partial charge in [0.25, 0.3) is 15.9 Å². The Balaban J connectivity index is 1.70. The number of amides is 3. The molecule has 3 aromatic rings. The second-order valence-electron chi connectivity index (χ2n) is 8.28. The van der Waals surface area contributed by atoms with E-state index in [1.54, 1.807) is 30.3 Å². The van der Waals surface area contributed by atoms with E-state index < -0.39 is 40.3 Å². The zero-order valence-electron chi connectivity index (χ0n) is 19.4. The van der Waals surface area contributed by atoms with E-state index in [2.05, 4.69) is 5.32 Å². The summed E-state index contributed by atoms with van der Waals surface area (Å²) in [5.74, 6) is -1.89. The maximum atomic E-state index is 13.7. The number of fused-ring (bicyclic) bond motifs is 1. The number of sulfonamides is 1. The van der Waals surface area contributed by atoms with Crippen LogP contribution in [0.3, 0.4) is 0 Å². The Morgan fingerprint density at radius 1 is 0.972 bits per heavy atom. The van der Waals surface area contributed by atoms with Gasteiger partial charge in [0.15, 0.2) is 0 Å². The average Bonchev–Trinajstić information content (AvgIpc) is 3.07. The minimum atomic E-state index is -4.20. The highest BCUT2D eigenvalue weighted by Crippen LogP contribution is 2.30. The van der Waals surface area contributed by atoms with Crippen LogP contribution in [-0.4, -0.2) is 55.0 Å². The Bertz CT molecular complexity index is 1410. The van der Waals surface area contributed by atoms with Crippen molar-refractivity contribution in [2.75, 3.05) is 13.6 Å². The average molecular weight is 526 g/mol. The lowest BCUT2D eigenvalue weighted by Gasteiger charge is -2.32. The second-order valence-corrected chi connectivity index (χ2v) is 10.6. The molecule has 1 N–H and O–H groups in total. The summed E-state index contributed by atoms with van der Waals surface area (Å²) in [5.41, 5.74) is 1.47. The normalized spacial score (nSPS) is 14.7. The van der Waals surface area contributed by atoms with Gasteiger partial charge in [-0.3, -0.25) is 14.4 Å². The molecule has 0 aromatic heterocycles. The van der Waals surface area contributed by atoms with Gasteiger partial charge in [0.05, 0.1) is 5.56 Å². The molecule has 10 heteroatoms. The molecule has 4 rings (SSSR count). The molecule has 0 unspecified atom stereocenters. The summed E-state index contributed by atoms with van der Waals surface area (Å²) in [5, 5.41) is 3.04. The van der Waals surface area contributed by atoms with Crippen LogP contribution in [-0.2, 0) is 32.6 Å². The first-order chi connectivity index (χ1) is 17.2. The van der Waals surface area contributed by atoms with Crippen molar-refractivity contribution in [2.24, 2.45) is 0 Å². The van der Waals surface area contributed by atoms with E-state index in [4.69, 9.17) is 11.6 Å². The van der Waals surface area contributed by atoms with Crippen molar-refractivity contribution >= 4 is 39.3 Å². The molecule has 0 fully saturated rings. The third-order valence-electron chi connectivity index (χ3n) is 5.95. The summed E-state index contributed by atoms with van der Waals surface area (Å²) in [6.07, 6.45) is 0.188. The number of carbonyl (C=O) groups excluding carboxylic acids is 3. The standard InChI is InChI=1S/C26H24ClN3O5S/c1-28-25(32)22(15-18-8-3-2-4-9-18)29(16-19-10-7-11-20(27)14-19)24(31)17-30-26(33)21-12-5-6-13-23(21)36(30,34)35/h2-14,22H,15-17H2,1H3,(H,28,32)/t22-/m0/s1. The van der Waals surface area contributed by atoms with Gasteiger partial charge in [-0.15, -0.1) is 0 Å². The fourth-order valence-corrected chi connectivity index (χ4v) is 5.88. The van der Waals surface area contributed by atoms with E-state index in [1.807, 2.05) is 30.3 Å². The SMILES string of the molecule is CNC(=O)[C@H](Cc1ccccc1)N(Cc1cccc(Cl)c1)C(=O)CN1C(=O)c2ccccc2S1(=O)=O. The third kappa shape index (κ3) is 5.12. The fraction of sp³-hybridized carbons (Fsp3) is 0.192. The number of hydrogen-bond donors (Lipinski definition) is 1. The molecule has 0 saturated heterocycles. The molecular formula is C26H24ClN3O5S. The molecule has 1 aliphatic rings. The number of likely N-dealkylation sites (N-methyl/N-ethyl adjacent to an activating group) is 1. The number of rotatable bonds is 8. The molecule has 1 heterocycles. The first-order valence-corrected chi connectivity index (χ1v) is 13.0. The van der Waals surface area contributed by atoms with Crippen LogP contribution in [0.15, 0.2) is 83.8 Å². The highest BCUT2D eigenvalue weighted by atomic mass is 35.5. The minimum Gasteiger partial charge on any atom is -0.357 e. The molecule has 1 atom stereocenters. The maximum absolute atomic E-state index is 13.7. The number of nitrogens with zero attached hydrogens (tertiary/aromatic N) is 2. The monoisotopic (exact) mass is 525 g/mol. The van der Waals surface area contributed by atoms with Crippen LogP contribution in [0.25, 0.3) is 0 Å². The first kappa shape index (κ1) is 25.4. The molecule has 1 aliphatic heterocycles. The van der Waals surface area contributed by atoms with Gasteiger partial charge in [0, 0.05) is 25.0 Å². The molecule has 0 aliphatic carbocycles. The van der Waals surface area contributed by atoms with Gasteiger partial charge in [0.2, 0.25) is 11.8 Å². The summed E-state index contributed by atoms with van der Waals surface area (Å²) in [6.45, 7) is -0.752. The van der Waals surface area contributed by atoms with Crippen LogP contribution in [0.2, 0.25) is 5.02 Å². The van der Waals surface area contributed by atoms with E-state index in [9.17, 15) is 22.8 Å². The zero-order valence-corrected chi connectivity index (χ0v) is 21.0. The molecule has 0 bridgehead atoms. The quantitative estimate of drug-likeness (QED) is 0.487.